The molecule has 0 N–H and O–H groups in total. The third-order valence-corrected chi connectivity index (χ3v) is 2.80. The molecule has 1 saturated carbocycles. The minimum Gasteiger partial charge on any atom is -0.300 e. The van der Waals surface area contributed by atoms with E-state index in [1.165, 1.54) is 0 Å². The van der Waals surface area contributed by atoms with E-state index in [0.29, 0.717) is 19.3 Å². The maximum atomic E-state index is 11.1. The molecule has 0 heterocycles. The highest BCUT2D eigenvalue weighted by molar-refractivity contribution is 5.79. The molecule has 0 bridgehead atoms. The lowest BCUT2D eigenvalue weighted by Gasteiger charge is -2.27. The highest BCUT2D eigenvalue weighted by atomic mass is 16.6. The van der Waals surface area contributed by atoms with E-state index < -0.39 is 6.04 Å². The molecule has 0 radical (unpaired) electrons. The summed E-state index contributed by atoms with van der Waals surface area (Å²) in [6.07, 6.45) is 1.20. The van der Waals surface area contributed by atoms with Gasteiger partial charge < -0.3 is 0 Å². The van der Waals surface area contributed by atoms with Crippen molar-refractivity contribution in [3.8, 4) is 0 Å². The van der Waals surface area contributed by atoms with Gasteiger partial charge in [0.25, 0.3) is 0 Å². The van der Waals surface area contributed by atoms with E-state index in [2.05, 4.69) is 0 Å². The minimum absolute atomic E-state index is 0.0590. The number of ketones is 1. The van der Waals surface area contributed by atoms with Crippen LogP contribution in [0.3, 0.4) is 0 Å². The molecule has 4 heteroatoms. The van der Waals surface area contributed by atoms with Crippen LogP contribution in [0.15, 0.2) is 0 Å². The topological polar surface area (TPSA) is 60.2 Å². The van der Waals surface area contributed by atoms with Crippen molar-refractivity contribution in [3.05, 3.63) is 10.1 Å². The first-order valence-electron chi connectivity index (χ1n) is 4.67. The van der Waals surface area contributed by atoms with Crippen LogP contribution in [0.1, 0.15) is 33.1 Å². The SMILES string of the molecule is CC(C)C1CC(=O)CCC1[N+](=O)[O-]. The lowest BCUT2D eigenvalue weighted by Crippen LogP contribution is -2.38. The first-order chi connectivity index (χ1) is 6.02. The second-order valence-electron chi connectivity index (χ2n) is 4.04. The fraction of sp³-hybridized carbons (Fsp3) is 0.889. The second-order valence-corrected chi connectivity index (χ2v) is 4.04. The summed E-state index contributed by atoms with van der Waals surface area (Å²) in [5, 5.41) is 10.7. The molecule has 2 atom stereocenters. The van der Waals surface area contributed by atoms with Crippen LogP contribution in [0.25, 0.3) is 0 Å². The Morgan fingerprint density at radius 2 is 2.15 bits per heavy atom. The highest BCUT2D eigenvalue weighted by Gasteiger charge is 2.38. The molecule has 1 aliphatic rings. The summed E-state index contributed by atoms with van der Waals surface area (Å²) in [6.45, 7) is 3.89. The first kappa shape index (κ1) is 10.2. The summed E-state index contributed by atoms with van der Waals surface area (Å²) >= 11 is 0. The summed E-state index contributed by atoms with van der Waals surface area (Å²) in [6, 6.07) is -0.502. The molecular weight excluding hydrogens is 170 g/mol. The molecule has 0 aromatic heterocycles. The number of carbonyl (C=O) groups excluding carboxylic acids is 1. The molecule has 0 spiro atoms. The Balaban J connectivity index is 2.71. The van der Waals surface area contributed by atoms with Crippen molar-refractivity contribution >= 4 is 5.78 Å². The van der Waals surface area contributed by atoms with Gasteiger partial charge in [-0.25, -0.2) is 0 Å². The summed E-state index contributed by atoms with van der Waals surface area (Å²) < 4.78 is 0. The minimum atomic E-state index is -0.502. The van der Waals surface area contributed by atoms with E-state index in [1.54, 1.807) is 0 Å². The molecule has 1 fully saturated rings. The zero-order valence-corrected chi connectivity index (χ0v) is 8.03. The number of nitrogens with zero attached hydrogens (tertiary/aromatic N) is 1. The van der Waals surface area contributed by atoms with Crippen LogP contribution in [-0.4, -0.2) is 16.7 Å². The van der Waals surface area contributed by atoms with Crippen molar-refractivity contribution in [1.29, 1.82) is 0 Å². The Hall–Kier alpha value is -0.930. The lowest BCUT2D eigenvalue weighted by molar-refractivity contribution is -0.535. The van der Waals surface area contributed by atoms with E-state index in [4.69, 9.17) is 0 Å². The van der Waals surface area contributed by atoms with Gasteiger partial charge in [-0.15, -0.1) is 0 Å². The van der Waals surface area contributed by atoms with Gasteiger partial charge in [-0.05, 0) is 5.92 Å². The number of hydrogen-bond donors (Lipinski definition) is 0. The third kappa shape index (κ3) is 2.26. The van der Waals surface area contributed by atoms with Gasteiger partial charge in [0.15, 0.2) is 0 Å². The molecule has 0 saturated heterocycles. The maximum Gasteiger partial charge on any atom is 0.217 e. The van der Waals surface area contributed by atoms with Crippen LogP contribution < -0.4 is 0 Å². The van der Waals surface area contributed by atoms with Gasteiger partial charge in [0.2, 0.25) is 6.04 Å². The van der Waals surface area contributed by atoms with Crippen molar-refractivity contribution < 1.29 is 9.72 Å². The van der Waals surface area contributed by atoms with Gasteiger partial charge >= 0.3 is 0 Å². The molecular formula is C9H15NO3. The van der Waals surface area contributed by atoms with Crippen LogP contribution in [0.5, 0.6) is 0 Å². The van der Waals surface area contributed by atoms with Gasteiger partial charge in [0.05, 0.1) is 0 Å². The fourth-order valence-electron chi connectivity index (χ4n) is 1.97. The Morgan fingerprint density at radius 3 is 2.62 bits per heavy atom. The number of Topliss-reactive ketones (excluding diaryl/α,β-unsaturated/α-hetero) is 1. The largest absolute Gasteiger partial charge is 0.300 e. The molecule has 0 amide bonds. The van der Waals surface area contributed by atoms with Gasteiger partial charge in [-0.1, -0.05) is 13.8 Å². The van der Waals surface area contributed by atoms with Crippen LogP contribution in [0, 0.1) is 22.0 Å². The molecule has 1 aliphatic carbocycles. The van der Waals surface area contributed by atoms with Crippen molar-refractivity contribution in [1.82, 2.24) is 0 Å². The van der Waals surface area contributed by atoms with E-state index in [9.17, 15) is 14.9 Å². The van der Waals surface area contributed by atoms with Crippen molar-refractivity contribution in [2.24, 2.45) is 11.8 Å². The number of nitro groups is 1. The zero-order valence-electron chi connectivity index (χ0n) is 8.03. The summed E-state index contributed by atoms with van der Waals surface area (Å²) in [7, 11) is 0. The summed E-state index contributed by atoms with van der Waals surface area (Å²) in [5.41, 5.74) is 0. The fourth-order valence-corrected chi connectivity index (χ4v) is 1.97. The van der Waals surface area contributed by atoms with Gasteiger partial charge in [0.1, 0.15) is 5.78 Å². The molecule has 13 heavy (non-hydrogen) atoms. The van der Waals surface area contributed by atoms with E-state index in [0.717, 1.165) is 0 Å². The van der Waals surface area contributed by atoms with Gasteiger partial charge in [-0.2, -0.15) is 0 Å². The van der Waals surface area contributed by atoms with Crippen molar-refractivity contribution in [2.45, 2.75) is 39.2 Å². The van der Waals surface area contributed by atoms with Crippen LogP contribution >= 0.6 is 0 Å². The molecule has 2 unspecified atom stereocenters. The molecule has 0 aromatic carbocycles. The van der Waals surface area contributed by atoms with Crippen LogP contribution in [0.2, 0.25) is 0 Å². The highest BCUT2D eigenvalue weighted by Crippen LogP contribution is 2.29. The number of rotatable bonds is 2. The monoisotopic (exact) mass is 185 g/mol. The average Bonchev–Trinajstić information content (AvgIpc) is 2.03. The summed E-state index contributed by atoms with van der Waals surface area (Å²) in [4.78, 5) is 21.6. The molecule has 1 rings (SSSR count). The lowest BCUT2D eigenvalue weighted by atomic mass is 9.77. The summed E-state index contributed by atoms with van der Waals surface area (Å²) in [5.74, 6) is 0.340. The smallest absolute Gasteiger partial charge is 0.217 e. The number of carbonyl (C=O) groups is 1. The first-order valence-corrected chi connectivity index (χ1v) is 4.67. The van der Waals surface area contributed by atoms with Crippen molar-refractivity contribution in [2.75, 3.05) is 0 Å². The predicted molar refractivity (Wildman–Crippen MR) is 48.0 cm³/mol. The van der Waals surface area contributed by atoms with E-state index in [1.807, 2.05) is 13.8 Å². The Labute approximate surface area is 77.5 Å². The van der Waals surface area contributed by atoms with Crippen molar-refractivity contribution in [3.63, 3.8) is 0 Å². The molecule has 4 nitrogen and oxygen atoms in total. The van der Waals surface area contributed by atoms with E-state index >= 15 is 0 Å². The van der Waals surface area contributed by atoms with Crippen LogP contribution in [-0.2, 0) is 4.79 Å². The molecule has 0 aromatic rings. The van der Waals surface area contributed by atoms with Gasteiger partial charge in [0, 0.05) is 30.1 Å². The molecule has 74 valence electrons. The van der Waals surface area contributed by atoms with E-state index in [-0.39, 0.29) is 22.5 Å². The van der Waals surface area contributed by atoms with Gasteiger partial charge in [-0.3, -0.25) is 14.9 Å². The zero-order chi connectivity index (χ0) is 10.0. The Bertz CT molecular complexity index is 225. The quantitative estimate of drug-likeness (QED) is 0.485. The standard InChI is InChI=1S/C9H15NO3/c1-6(2)8-5-7(11)3-4-9(8)10(12)13/h6,8-9H,3-5H2,1-2H3. The normalized spacial score (nSPS) is 29.3. The maximum absolute atomic E-state index is 11.1. The Morgan fingerprint density at radius 1 is 1.54 bits per heavy atom. The number of hydrogen-bond acceptors (Lipinski definition) is 3. The third-order valence-electron chi connectivity index (χ3n) is 2.80. The second kappa shape index (κ2) is 3.85. The van der Waals surface area contributed by atoms with Crippen LogP contribution in [0.4, 0.5) is 0 Å². The Kier molecular flexibility index (Phi) is 3.01. The molecule has 0 aliphatic heterocycles. The average molecular weight is 185 g/mol. The predicted octanol–water partition coefficient (Wildman–Crippen LogP) is 1.66.